The molecule has 2 fully saturated rings. The van der Waals surface area contributed by atoms with Gasteiger partial charge in [0.25, 0.3) is 0 Å². The van der Waals surface area contributed by atoms with Crippen molar-refractivity contribution >= 4 is 30.0 Å². The number of carbonyl (C=O) groups excluding carboxylic acids is 3. The van der Waals surface area contributed by atoms with Crippen LogP contribution in [0.1, 0.15) is 19.3 Å². The minimum Gasteiger partial charge on any atom is -0.724 e. The summed E-state index contributed by atoms with van der Waals surface area (Å²) in [5.74, 6) is 1.00. The summed E-state index contributed by atoms with van der Waals surface area (Å²) in [6, 6.07) is 0.549. The second kappa shape index (κ2) is 8.48. The molecule has 2 aliphatic heterocycles. The maximum Gasteiger partial charge on any atom is 0.315 e. The Kier molecular flexibility index (Phi) is 6.89. The summed E-state index contributed by atoms with van der Waals surface area (Å²) in [5, 5.41) is 13.1. The molecule has 2 amide bonds. The number of amides is 2. The first-order valence-electron chi connectivity index (χ1n) is 5.96. The summed E-state index contributed by atoms with van der Waals surface area (Å²) in [7, 11) is 0. The Bertz CT molecular complexity index is 391. The highest BCUT2D eigenvalue weighted by Gasteiger charge is 2.42. The molecule has 2 aliphatic rings. The minimum atomic E-state index is -0.0362. The van der Waals surface area contributed by atoms with Gasteiger partial charge in [0.2, 0.25) is 6.08 Å². The molecular weight excluding hydrogens is 268 g/mol. The SMILES string of the molecule is O=C=NCCCC[C@@H]1SC[C@@H]2NC(=O)N[C@@H]21.[N-]=C=O. The maximum atomic E-state index is 11.1. The Morgan fingerprint density at radius 2 is 2.11 bits per heavy atom. The summed E-state index contributed by atoms with van der Waals surface area (Å²) < 4.78 is 0. The van der Waals surface area contributed by atoms with E-state index in [-0.39, 0.29) is 12.1 Å². The van der Waals surface area contributed by atoms with Crippen molar-refractivity contribution in [2.24, 2.45) is 4.99 Å². The Morgan fingerprint density at radius 3 is 2.79 bits per heavy atom. The van der Waals surface area contributed by atoms with Gasteiger partial charge in [0.15, 0.2) is 0 Å². The summed E-state index contributed by atoms with van der Waals surface area (Å²) in [6.07, 6.45) is 5.08. The molecule has 0 aliphatic carbocycles. The van der Waals surface area contributed by atoms with Crippen molar-refractivity contribution in [2.75, 3.05) is 12.3 Å². The lowest BCUT2D eigenvalue weighted by molar-refractivity contribution is 0.247. The van der Waals surface area contributed by atoms with Crippen molar-refractivity contribution in [3.05, 3.63) is 5.41 Å². The van der Waals surface area contributed by atoms with E-state index in [1.54, 1.807) is 6.08 Å². The first kappa shape index (κ1) is 15.4. The van der Waals surface area contributed by atoms with Crippen LogP contribution < -0.4 is 10.6 Å². The van der Waals surface area contributed by atoms with E-state index in [9.17, 15) is 9.59 Å². The zero-order chi connectivity index (χ0) is 14.1. The maximum absolute atomic E-state index is 11.1. The molecule has 0 spiro atoms. The number of hydrogen-bond acceptors (Lipinski definition) is 5. The molecule has 2 heterocycles. The van der Waals surface area contributed by atoms with Crippen molar-refractivity contribution < 1.29 is 14.4 Å². The average Bonchev–Trinajstić information content (AvgIpc) is 2.90. The van der Waals surface area contributed by atoms with Crippen LogP contribution in [0.3, 0.4) is 0 Å². The minimum absolute atomic E-state index is 0.0362. The van der Waals surface area contributed by atoms with Crippen LogP contribution >= 0.6 is 11.8 Å². The summed E-state index contributed by atoms with van der Waals surface area (Å²) >= 11 is 1.92. The van der Waals surface area contributed by atoms with E-state index in [1.807, 2.05) is 11.8 Å². The number of urea groups is 1. The molecule has 104 valence electrons. The highest BCUT2D eigenvalue weighted by Crippen LogP contribution is 2.32. The van der Waals surface area contributed by atoms with E-state index in [1.165, 1.54) is 0 Å². The van der Waals surface area contributed by atoms with E-state index in [4.69, 9.17) is 10.2 Å². The lowest BCUT2D eigenvalue weighted by atomic mass is 10.0. The molecule has 19 heavy (non-hydrogen) atoms. The molecule has 0 saturated carbocycles. The van der Waals surface area contributed by atoms with Crippen molar-refractivity contribution in [3.63, 3.8) is 0 Å². The van der Waals surface area contributed by atoms with Crippen LogP contribution in [-0.4, -0.2) is 47.8 Å². The predicted octanol–water partition coefficient (Wildman–Crippen LogP) is 0.549. The van der Waals surface area contributed by atoms with E-state index >= 15 is 0 Å². The van der Waals surface area contributed by atoms with E-state index in [0.29, 0.717) is 23.9 Å². The smallest absolute Gasteiger partial charge is 0.315 e. The van der Waals surface area contributed by atoms with Crippen LogP contribution in [-0.2, 0) is 9.59 Å². The number of nitrogens with one attached hydrogen (secondary N) is 2. The number of thioether (sulfide) groups is 1. The van der Waals surface area contributed by atoms with Gasteiger partial charge in [0, 0.05) is 11.0 Å². The van der Waals surface area contributed by atoms with E-state index < -0.39 is 0 Å². The molecule has 0 aromatic rings. The third-order valence-corrected chi connectivity index (χ3v) is 4.52. The number of unbranched alkanes of at least 4 members (excludes halogenated alkanes) is 1. The zero-order valence-corrected chi connectivity index (χ0v) is 11.1. The van der Waals surface area contributed by atoms with E-state index in [0.717, 1.165) is 25.0 Å². The molecule has 7 nitrogen and oxygen atoms in total. The van der Waals surface area contributed by atoms with Gasteiger partial charge in [-0.3, -0.25) is 4.79 Å². The van der Waals surface area contributed by atoms with Gasteiger partial charge in [-0.25, -0.2) is 14.6 Å². The van der Waals surface area contributed by atoms with Gasteiger partial charge in [-0.15, -0.1) is 0 Å². The lowest BCUT2D eigenvalue weighted by Gasteiger charge is -2.15. The zero-order valence-electron chi connectivity index (χ0n) is 10.3. The number of nitrogens with zero attached hydrogens (tertiary/aromatic N) is 2. The summed E-state index contributed by atoms with van der Waals surface area (Å²) in [6.45, 7) is 0.569. The van der Waals surface area contributed by atoms with Gasteiger partial charge >= 0.3 is 6.03 Å². The van der Waals surface area contributed by atoms with Gasteiger partial charge in [0.1, 0.15) is 0 Å². The first-order chi connectivity index (χ1) is 9.22. The Hall–Kier alpha value is -1.62. The molecule has 0 aromatic carbocycles. The molecule has 0 radical (unpaired) electrons. The van der Waals surface area contributed by atoms with Crippen LogP contribution in [0.4, 0.5) is 4.79 Å². The lowest BCUT2D eigenvalue weighted by Crippen LogP contribution is -2.36. The number of hydrogen-bond donors (Lipinski definition) is 2. The van der Waals surface area contributed by atoms with Gasteiger partial charge in [-0.1, -0.05) is 6.42 Å². The monoisotopic (exact) mass is 283 g/mol. The fourth-order valence-corrected chi connectivity index (χ4v) is 3.77. The van der Waals surface area contributed by atoms with Gasteiger partial charge in [0.05, 0.1) is 18.6 Å². The van der Waals surface area contributed by atoms with Gasteiger partial charge in [-0.2, -0.15) is 11.8 Å². The summed E-state index contributed by atoms with van der Waals surface area (Å²) in [4.78, 5) is 32.7. The first-order valence-corrected chi connectivity index (χ1v) is 7.01. The number of isocyanates is 2. The highest BCUT2D eigenvalue weighted by molar-refractivity contribution is 8.00. The number of rotatable bonds is 5. The van der Waals surface area contributed by atoms with Crippen molar-refractivity contribution in [1.82, 2.24) is 10.6 Å². The summed E-state index contributed by atoms with van der Waals surface area (Å²) in [5.41, 5.74) is 0. The third kappa shape index (κ3) is 4.87. The molecule has 2 N–H and O–H groups in total. The van der Waals surface area contributed by atoms with Crippen molar-refractivity contribution in [1.29, 1.82) is 0 Å². The molecular formula is C11H15N4O3S-. The molecule has 0 unspecified atom stereocenters. The second-order valence-corrected chi connectivity index (χ2v) is 5.45. The fraction of sp³-hybridized carbons (Fsp3) is 0.727. The van der Waals surface area contributed by atoms with Crippen LogP contribution in [0, 0.1) is 0 Å². The average molecular weight is 283 g/mol. The second-order valence-electron chi connectivity index (χ2n) is 4.18. The Labute approximate surface area is 115 Å². The van der Waals surface area contributed by atoms with Crippen LogP contribution in [0.2, 0.25) is 0 Å². The Balaban J connectivity index is 0.000000550. The highest BCUT2D eigenvalue weighted by atomic mass is 32.2. The topological polar surface area (TPSA) is 110 Å². The van der Waals surface area contributed by atoms with Crippen LogP contribution in [0.25, 0.3) is 5.41 Å². The van der Waals surface area contributed by atoms with E-state index in [2.05, 4.69) is 15.6 Å². The Morgan fingerprint density at radius 1 is 1.37 bits per heavy atom. The standard InChI is InChI=1S/C10H15N3O2S.CNO/c14-6-11-4-2-1-3-8-9-7(5-16-8)12-10(15)13-9;2-1-3/h7-9H,1-5H2,(H2,12,13,15);/q;-1/t7-,8-,9-;/m0./s1. The molecule has 2 saturated heterocycles. The number of aliphatic imine (C=N–C) groups is 1. The predicted molar refractivity (Wildman–Crippen MR) is 71.4 cm³/mol. The van der Waals surface area contributed by atoms with Crippen LogP contribution in [0.15, 0.2) is 4.99 Å². The molecule has 0 bridgehead atoms. The third-order valence-electron chi connectivity index (χ3n) is 3.01. The van der Waals surface area contributed by atoms with Crippen molar-refractivity contribution in [3.8, 4) is 0 Å². The molecule has 2 rings (SSSR count). The van der Waals surface area contributed by atoms with Crippen molar-refractivity contribution in [2.45, 2.75) is 36.6 Å². The van der Waals surface area contributed by atoms with Crippen LogP contribution in [0.5, 0.6) is 0 Å². The molecule has 3 atom stereocenters. The number of fused-ring (bicyclic) bond motifs is 1. The normalized spacial score (nSPS) is 26.9. The largest absolute Gasteiger partial charge is 0.724 e. The molecule has 0 aromatic heterocycles. The fourth-order valence-electron chi connectivity index (χ4n) is 2.23. The number of carbonyl (C=O) groups is 1. The quantitative estimate of drug-likeness (QED) is 0.332. The van der Waals surface area contributed by atoms with Gasteiger partial charge < -0.3 is 16.0 Å². The van der Waals surface area contributed by atoms with Gasteiger partial charge in [-0.05, 0) is 18.9 Å². The molecule has 8 heteroatoms.